The molecule has 0 saturated heterocycles. The van der Waals surface area contributed by atoms with Crippen LogP contribution in [0.4, 0.5) is 0 Å². The molecule has 0 unspecified atom stereocenters. The third kappa shape index (κ3) is 7.20. The number of allylic oxidation sites excluding steroid dienone is 2. The summed E-state index contributed by atoms with van der Waals surface area (Å²) in [4.78, 5) is 12.5. The average Bonchev–Trinajstić information content (AvgIpc) is 2.81. The van der Waals surface area contributed by atoms with Gasteiger partial charge in [0.1, 0.15) is 0 Å². The zero-order valence-corrected chi connectivity index (χ0v) is 21.1. The minimum absolute atomic E-state index is 0.0424. The minimum atomic E-state index is -0.194. The molecular weight excluding hydrogens is 436 g/mol. The molecular formula is C27H34O7. The van der Waals surface area contributed by atoms with Crippen molar-refractivity contribution in [2.24, 2.45) is 0 Å². The summed E-state index contributed by atoms with van der Waals surface area (Å²) in [5, 5.41) is 0. The highest BCUT2D eigenvalue weighted by Gasteiger charge is 2.16. The fourth-order valence-corrected chi connectivity index (χ4v) is 3.11. The van der Waals surface area contributed by atoms with Crippen molar-refractivity contribution in [2.45, 2.75) is 39.9 Å². The number of benzene rings is 2. The van der Waals surface area contributed by atoms with Crippen LogP contribution in [0.5, 0.6) is 34.5 Å². The first-order valence-corrected chi connectivity index (χ1v) is 11.0. The van der Waals surface area contributed by atoms with Crippen molar-refractivity contribution in [1.29, 1.82) is 0 Å². The van der Waals surface area contributed by atoms with Crippen LogP contribution in [0.3, 0.4) is 0 Å². The fourth-order valence-electron chi connectivity index (χ4n) is 3.11. The predicted octanol–water partition coefficient (Wildman–Crippen LogP) is 5.59. The van der Waals surface area contributed by atoms with Crippen molar-refractivity contribution in [3.8, 4) is 34.5 Å². The van der Waals surface area contributed by atoms with E-state index in [1.54, 1.807) is 64.9 Å². The topological polar surface area (TPSA) is 72.5 Å². The second kappa shape index (κ2) is 12.6. The highest BCUT2D eigenvalue weighted by Crippen LogP contribution is 2.40. The lowest BCUT2D eigenvalue weighted by atomic mass is 10.1. The van der Waals surface area contributed by atoms with Crippen LogP contribution in [0, 0.1) is 0 Å². The Balaban J connectivity index is 2.25. The van der Waals surface area contributed by atoms with E-state index in [2.05, 4.69) is 0 Å². The molecule has 0 heterocycles. The lowest BCUT2D eigenvalue weighted by Gasteiger charge is -2.17. The smallest absolute Gasteiger partial charge is 0.203 e. The Morgan fingerprint density at radius 3 is 1.15 bits per heavy atom. The molecule has 0 N–H and O–H groups in total. The van der Waals surface area contributed by atoms with Crippen molar-refractivity contribution in [3.05, 3.63) is 47.5 Å². The molecule has 184 valence electrons. The number of rotatable bonds is 12. The Hall–Kier alpha value is -3.61. The Bertz CT molecular complexity index is 904. The van der Waals surface area contributed by atoms with E-state index in [0.717, 1.165) is 11.1 Å². The average molecular weight is 471 g/mol. The Morgan fingerprint density at radius 2 is 0.912 bits per heavy atom. The van der Waals surface area contributed by atoms with Crippen molar-refractivity contribution in [2.75, 3.05) is 28.4 Å². The quantitative estimate of drug-likeness (QED) is 0.374. The maximum absolute atomic E-state index is 12.5. The number of methoxy groups -OCH3 is 4. The molecule has 0 bridgehead atoms. The first-order chi connectivity index (χ1) is 16.2. The molecule has 0 fully saturated rings. The molecule has 0 atom stereocenters. The second-order valence-corrected chi connectivity index (χ2v) is 7.91. The van der Waals surface area contributed by atoms with E-state index >= 15 is 0 Å². The zero-order chi connectivity index (χ0) is 25.3. The molecule has 2 aromatic carbocycles. The summed E-state index contributed by atoms with van der Waals surface area (Å²) in [7, 11) is 6.24. The van der Waals surface area contributed by atoms with Crippen LogP contribution >= 0.6 is 0 Å². The van der Waals surface area contributed by atoms with Gasteiger partial charge in [-0.05, 0) is 75.2 Å². The number of hydrogen-bond acceptors (Lipinski definition) is 7. The van der Waals surface area contributed by atoms with Gasteiger partial charge < -0.3 is 28.4 Å². The van der Waals surface area contributed by atoms with Crippen LogP contribution in [0.1, 0.15) is 38.8 Å². The standard InChI is InChI=1S/C27H34O7/c1-17(2)33-26-22(29-5)13-19(14-23(26)30-6)9-11-21(28)12-10-20-15-24(31-7)27(34-18(3)4)25(16-20)32-8/h9-18H,1-8H3/b11-9+,12-10+. The summed E-state index contributed by atoms with van der Waals surface area (Å²) < 4.78 is 33.4. The van der Waals surface area contributed by atoms with Gasteiger partial charge in [0.2, 0.25) is 11.5 Å². The summed E-state index contributed by atoms with van der Waals surface area (Å²) in [6.45, 7) is 7.70. The molecule has 0 aromatic heterocycles. The van der Waals surface area contributed by atoms with E-state index < -0.39 is 0 Å². The largest absolute Gasteiger partial charge is 0.493 e. The number of ketones is 1. The van der Waals surface area contributed by atoms with Crippen LogP contribution in [-0.2, 0) is 4.79 Å². The Kier molecular flexibility index (Phi) is 9.86. The summed E-state index contributed by atoms with van der Waals surface area (Å²) >= 11 is 0. The van der Waals surface area contributed by atoms with Gasteiger partial charge in [-0.15, -0.1) is 0 Å². The van der Waals surface area contributed by atoms with Crippen LogP contribution in [0.2, 0.25) is 0 Å². The maximum atomic E-state index is 12.5. The first-order valence-electron chi connectivity index (χ1n) is 11.0. The van der Waals surface area contributed by atoms with Crippen molar-refractivity contribution in [3.63, 3.8) is 0 Å². The van der Waals surface area contributed by atoms with Gasteiger partial charge in [0.05, 0.1) is 40.6 Å². The molecule has 0 radical (unpaired) electrons. The first kappa shape index (κ1) is 26.6. The molecule has 2 aromatic rings. The molecule has 0 aliphatic rings. The summed E-state index contributed by atoms with van der Waals surface area (Å²) in [6, 6.07) is 7.15. The molecule has 0 aliphatic heterocycles. The second-order valence-electron chi connectivity index (χ2n) is 7.91. The summed E-state index contributed by atoms with van der Waals surface area (Å²) in [5.41, 5.74) is 1.48. The molecule has 7 heteroatoms. The van der Waals surface area contributed by atoms with E-state index in [1.165, 1.54) is 12.2 Å². The Labute approximate surface area is 201 Å². The van der Waals surface area contributed by atoms with Gasteiger partial charge in [-0.2, -0.15) is 0 Å². The predicted molar refractivity (Wildman–Crippen MR) is 134 cm³/mol. The monoisotopic (exact) mass is 470 g/mol. The highest BCUT2D eigenvalue weighted by atomic mass is 16.5. The molecule has 7 nitrogen and oxygen atoms in total. The zero-order valence-electron chi connectivity index (χ0n) is 21.1. The van der Waals surface area contributed by atoms with Gasteiger partial charge in [-0.3, -0.25) is 4.79 Å². The van der Waals surface area contributed by atoms with Gasteiger partial charge >= 0.3 is 0 Å². The number of ether oxygens (including phenoxy) is 6. The Morgan fingerprint density at radius 1 is 0.618 bits per heavy atom. The van der Waals surface area contributed by atoms with Gasteiger partial charge in [0.25, 0.3) is 0 Å². The molecule has 0 spiro atoms. The van der Waals surface area contributed by atoms with Gasteiger partial charge in [-0.25, -0.2) is 0 Å². The number of carbonyl (C=O) groups excluding carboxylic acids is 1. The van der Waals surface area contributed by atoms with Gasteiger partial charge in [0.15, 0.2) is 28.8 Å². The summed E-state index contributed by atoms with van der Waals surface area (Å²) in [5.74, 6) is 2.96. The third-order valence-electron chi connectivity index (χ3n) is 4.55. The minimum Gasteiger partial charge on any atom is -0.493 e. The fraction of sp³-hybridized carbons (Fsp3) is 0.370. The van der Waals surface area contributed by atoms with E-state index in [1.807, 2.05) is 27.7 Å². The van der Waals surface area contributed by atoms with Gasteiger partial charge in [0, 0.05) is 0 Å². The van der Waals surface area contributed by atoms with Crippen molar-refractivity contribution in [1.82, 2.24) is 0 Å². The van der Waals surface area contributed by atoms with Crippen LogP contribution in [0.15, 0.2) is 36.4 Å². The third-order valence-corrected chi connectivity index (χ3v) is 4.55. The lowest BCUT2D eigenvalue weighted by Crippen LogP contribution is -2.08. The van der Waals surface area contributed by atoms with E-state index in [9.17, 15) is 4.79 Å². The van der Waals surface area contributed by atoms with Crippen molar-refractivity contribution >= 4 is 17.9 Å². The number of carbonyl (C=O) groups is 1. The number of hydrogen-bond donors (Lipinski definition) is 0. The van der Waals surface area contributed by atoms with E-state index in [0.29, 0.717) is 34.5 Å². The van der Waals surface area contributed by atoms with Crippen LogP contribution < -0.4 is 28.4 Å². The molecule has 34 heavy (non-hydrogen) atoms. The lowest BCUT2D eigenvalue weighted by molar-refractivity contribution is -0.110. The molecule has 0 saturated carbocycles. The molecule has 0 aliphatic carbocycles. The maximum Gasteiger partial charge on any atom is 0.203 e. The molecule has 2 rings (SSSR count). The highest BCUT2D eigenvalue weighted by molar-refractivity contribution is 6.04. The van der Waals surface area contributed by atoms with Crippen molar-refractivity contribution < 1.29 is 33.2 Å². The van der Waals surface area contributed by atoms with E-state index in [-0.39, 0.29) is 18.0 Å². The normalized spacial score (nSPS) is 11.4. The summed E-state index contributed by atoms with van der Waals surface area (Å²) in [6.07, 6.45) is 6.24. The molecule has 0 amide bonds. The SMILES string of the molecule is COc1cc(/C=C/C(=O)/C=C/c2cc(OC)c(OC(C)C)c(OC)c2)cc(OC)c1OC(C)C. The van der Waals surface area contributed by atoms with Crippen LogP contribution in [-0.4, -0.2) is 46.4 Å². The van der Waals surface area contributed by atoms with Gasteiger partial charge in [-0.1, -0.05) is 12.2 Å². The van der Waals surface area contributed by atoms with Crippen LogP contribution in [0.25, 0.3) is 12.2 Å². The van der Waals surface area contributed by atoms with E-state index in [4.69, 9.17) is 28.4 Å².